The van der Waals surface area contributed by atoms with Crippen molar-refractivity contribution in [2.45, 2.75) is 18.4 Å². The molecule has 18 heavy (non-hydrogen) atoms. The number of benzene rings is 2. The van der Waals surface area contributed by atoms with E-state index in [-0.39, 0.29) is 6.10 Å². The van der Waals surface area contributed by atoms with E-state index in [9.17, 15) is 0 Å². The van der Waals surface area contributed by atoms with Gasteiger partial charge in [-0.2, -0.15) is 0 Å². The molecule has 4 rings (SSSR count). The van der Waals surface area contributed by atoms with Crippen molar-refractivity contribution >= 4 is 0 Å². The van der Waals surface area contributed by atoms with Gasteiger partial charge in [-0.05, 0) is 28.7 Å². The highest BCUT2D eigenvalue weighted by molar-refractivity contribution is 5.51. The van der Waals surface area contributed by atoms with E-state index in [1.165, 1.54) is 22.3 Å². The van der Waals surface area contributed by atoms with E-state index in [2.05, 4.69) is 48.5 Å². The monoisotopic (exact) mass is 236 g/mol. The Hall–Kier alpha value is -1.60. The third kappa shape index (κ3) is 1.20. The summed E-state index contributed by atoms with van der Waals surface area (Å²) in [5.74, 6) is 1.13. The molecule has 3 unspecified atom stereocenters. The summed E-state index contributed by atoms with van der Waals surface area (Å²) in [5, 5.41) is 0. The summed E-state index contributed by atoms with van der Waals surface area (Å²) in [6.07, 6.45) is 1.41. The highest BCUT2D eigenvalue weighted by Gasteiger charge is 2.45. The van der Waals surface area contributed by atoms with Crippen LogP contribution < -0.4 is 0 Å². The molecule has 0 aromatic heterocycles. The van der Waals surface area contributed by atoms with E-state index in [4.69, 9.17) is 4.74 Å². The molecular formula is C17H16O. The second kappa shape index (κ2) is 3.69. The second-order valence-corrected chi connectivity index (χ2v) is 5.33. The van der Waals surface area contributed by atoms with Gasteiger partial charge < -0.3 is 4.74 Å². The average molecular weight is 236 g/mol. The van der Waals surface area contributed by atoms with Crippen molar-refractivity contribution in [1.29, 1.82) is 0 Å². The maximum absolute atomic E-state index is 5.78. The fourth-order valence-electron chi connectivity index (χ4n) is 3.89. The van der Waals surface area contributed by atoms with Gasteiger partial charge in [0.1, 0.15) is 0 Å². The molecule has 1 heteroatoms. The van der Waals surface area contributed by atoms with Crippen molar-refractivity contribution < 1.29 is 4.74 Å². The summed E-state index contributed by atoms with van der Waals surface area (Å²) in [7, 11) is 1.84. The third-order valence-electron chi connectivity index (χ3n) is 4.55. The van der Waals surface area contributed by atoms with Crippen molar-refractivity contribution in [2.24, 2.45) is 5.92 Å². The largest absolute Gasteiger partial charge is 0.376 e. The molecule has 0 aliphatic heterocycles. The van der Waals surface area contributed by atoms with Crippen LogP contribution in [-0.2, 0) is 11.2 Å². The normalized spacial score (nSPS) is 27.7. The first-order valence-electron chi connectivity index (χ1n) is 6.59. The number of rotatable bonds is 1. The van der Waals surface area contributed by atoms with Gasteiger partial charge in [0.25, 0.3) is 0 Å². The highest BCUT2D eigenvalue weighted by Crippen LogP contribution is 2.55. The summed E-state index contributed by atoms with van der Waals surface area (Å²) in [4.78, 5) is 0. The highest BCUT2D eigenvalue weighted by atomic mass is 16.5. The van der Waals surface area contributed by atoms with Crippen LogP contribution in [0.15, 0.2) is 48.5 Å². The standard InChI is InChI=1S/C17H16O/c1-18-17-14-9-5-4-8-13(14)16-12-7-3-2-6-11(12)10-15(16)17/h2-9,15-17H,10H2,1H3. The van der Waals surface area contributed by atoms with Gasteiger partial charge in [0.05, 0.1) is 6.10 Å². The molecule has 2 aromatic carbocycles. The van der Waals surface area contributed by atoms with E-state index in [1.54, 1.807) is 0 Å². The van der Waals surface area contributed by atoms with Crippen LogP contribution in [0.5, 0.6) is 0 Å². The average Bonchev–Trinajstić information content (AvgIpc) is 2.92. The van der Waals surface area contributed by atoms with Gasteiger partial charge in [0, 0.05) is 18.9 Å². The molecule has 0 amide bonds. The Bertz CT molecular complexity index is 602. The zero-order valence-electron chi connectivity index (χ0n) is 10.5. The van der Waals surface area contributed by atoms with Gasteiger partial charge >= 0.3 is 0 Å². The molecule has 3 atom stereocenters. The van der Waals surface area contributed by atoms with Crippen LogP contribution in [0.1, 0.15) is 34.3 Å². The number of hydrogen-bond acceptors (Lipinski definition) is 1. The molecule has 2 aliphatic rings. The zero-order chi connectivity index (χ0) is 12.1. The van der Waals surface area contributed by atoms with Crippen LogP contribution in [0.2, 0.25) is 0 Å². The topological polar surface area (TPSA) is 9.23 Å². The molecule has 0 bridgehead atoms. The van der Waals surface area contributed by atoms with Crippen LogP contribution in [0, 0.1) is 5.92 Å². The number of fused-ring (bicyclic) bond motifs is 5. The van der Waals surface area contributed by atoms with Crippen LogP contribution >= 0.6 is 0 Å². The lowest BCUT2D eigenvalue weighted by Gasteiger charge is -2.17. The zero-order valence-corrected chi connectivity index (χ0v) is 10.5. The summed E-state index contributed by atoms with van der Waals surface area (Å²) >= 11 is 0. The molecule has 0 radical (unpaired) electrons. The third-order valence-corrected chi connectivity index (χ3v) is 4.55. The summed E-state index contributed by atoms with van der Waals surface area (Å²) in [6.45, 7) is 0. The molecule has 0 saturated heterocycles. The first-order chi connectivity index (χ1) is 8.90. The molecule has 0 N–H and O–H groups in total. The minimum Gasteiger partial charge on any atom is -0.376 e. The van der Waals surface area contributed by atoms with Crippen molar-refractivity contribution in [3.63, 3.8) is 0 Å². The maximum atomic E-state index is 5.78. The van der Waals surface area contributed by atoms with E-state index in [0.717, 1.165) is 6.42 Å². The fourth-order valence-corrected chi connectivity index (χ4v) is 3.89. The van der Waals surface area contributed by atoms with E-state index >= 15 is 0 Å². The Balaban J connectivity index is 1.93. The first kappa shape index (κ1) is 10.3. The Labute approximate surface area is 107 Å². The molecule has 90 valence electrons. The van der Waals surface area contributed by atoms with Crippen LogP contribution in [0.3, 0.4) is 0 Å². The van der Waals surface area contributed by atoms with Gasteiger partial charge in [0.15, 0.2) is 0 Å². The minimum absolute atomic E-state index is 0.263. The molecule has 1 nitrogen and oxygen atoms in total. The van der Waals surface area contributed by atoms with Gasteiger partial charge in [-0.15, -0.1) is 0 Å². The Morgan fingerprint density at radius 3 is 2.33 bits per heavy atom. The first-order valence-corrected chi connectivity index (χ1v) is 6.59. The maximum Gasteiger partial charge on any atom is 0.0864 e. The summed E-state index contributed by atoms with van der Waals surface area (Å²) < 4.78 is 5.78. The molecule has 2 aromatic rings. The van der Waals surface area contributed by atoms with E-state index in [1.807, 2.05) is 7.11 Å². The predicted molar refractivity (Wildman–Crippen MR) is 71.7 cm³/mol. The molecular weight excluding hydrogens is 220 g/mol. The number of ether oxygens (including phenoxy) is 1. The van der Waals surface area contributed by atoms with Crippen molar-refractivity contribution in [1.82, 2.24) is 0 Å². The van der Waals surface area contributed by atoms with Crippen molar-refractivity contribution in [3.05, 3.63) is 70.8 Å². The van der Waals surface area contributed by atoms with Crippen LogP contribution in [0.4, 0.5) is 0 Å². The molecule has 0 heterocycles. The van der Waals surface area contributed by atoms with E-state index < -0.39 is 0 Å². The van der Waals surface area contributed by atoms with Crippen LogP contribution in [0.25, 0.3) is 0 Å². The van der Waals surface area contributed by atoms with Crippen LogP contribution in [-0.4, -0.2) is 7.11 Å². The quantitative estimate of drug-likeness (QED) is 0.733. The van der Waals surface area contributed by atoms with Gasteiger partial charge in [-0.3, -0.25) is 0 Å². The fraction of sp³-hybridized carbons (Fsp3) is 0.294. The van der Waals surface area contributed by atoms with Crippen molar-refractivity contribution in [3.8, 4) is 0 Å². The molecule has 2 aliphatic carbocycles. The minimum atomic E-state index is 0.263. The van der Waals surface area contributed by atoms with E-state index in [0.29, 0.717) is 11.8 Å². The Morgan fingerprint density at radius 2 is 1.56 bits per heavy atom. The second-order valence-electron chi connectivity index (χ2n) is 5.33. The summed E-state index contributed by atoms with van der Waals surface area (Å²) in [5.41, 5.74) is 5.88. The lowest BCUT2D eigenvalue weighted by molar-refractivity contribution is 0.0617. The Kier molecular flexibility index (Phi) is 2.12. The summed E-state index contributed by atoms with van der Waals surface area (Å²) in [6, 6.07) is 17.6. The van der Waals surface area contributed by atoms with Gasteiger partial charge in [0.2, 0.25) is 0 Å². The van der Waals surface area contributed by atoms with Crippen molar-refractivity contribution in [2.75, 3.05) is 7.11 Å². The molecule has 0 fully saturated rings. The lowest BCUT2D eigenvalue weighted by atomic mass is 9.92. The molecule has 0 spiro atoms. The smallest absolute Gasteiger partial charge is 0.0864 e. The predicted octanol–water partition coefficient (Wildman–Crippen LogP) is 3.69. The molecule has 0 saturated carbocycles. The SMILES string of the molecule is COC1c2ccccc2C2c3ccccc3CC12. The number of methoxy groups -OCH3 is 1. The van der Waals surface area contributed by atoms with Gasteiger partial charge in [-0.1, -0.05) is 48.5 Å². The lowest BCUT2D eigenvalue weighted by Crippen LogP contribution is -2.11. The Morgan fingerprint density at radius 1 is 0.889 bits per heavy atom. The number of hydrogen-bond donors (Lipinski definition) is 0. The van der Waals surface area contributed by atoms with Gasteiger partial charge in [-0.25, -0.2) is 0 Å².